The topological polar surface area (TPSA) is 39.1 Å². The number of nitrogens with zero attached hydrogens (tertiary/aromatic N) is 2. The molecular formula is C14H24ClN3O. The third kappa shape index (κ3) is 3.30. The molecule has 1 aliphatic heterocycles. The van der Waals surface area contributed by atoms with Crippen molar-refractivity contribution in [2.75, 3.05) is 6.54 Å². The van der Waals surface area contributed by atoms with Gasteiger partial charge in [0.15, 0.2) is 0 Å². The highest BCUT2D eigenvalue weighted by molar-refractivity contribution is 6.31. The van der Waals surface area contributed by atoms with Crippen LogP contribution in [0.3, 0.4) is 0 Å². The van der Waals surface area contributed by atoms with Crippen LogP contribution in [-0.2, 0) is 18.2 Å². The summed E-state index contributed by atoms with van der Waals surface area (Å²) in [4.78, 5) is 0. The summed E-state index contributed by atoms with van der Waals surface area (Å²) in [7, 11) is 1.95. The van der Waals surface area contributed by atoms with E-state index in [-0.39, 0.29) is 6.10 Å². The first-order valence-electron chi connectivity index (χ1n) is 7.09. The zero-order chi connectivity index (χ0) is 14.0. The van der Waals surface area contributed by atoms with Crippen LogP contribution in [0.5, 0.6) is 0 Å². The van der Waals surface area contributed by atoms with Gasteiger partial charge in [-0.05, 0) is 33.2 Å². The van der Waals surface area contributed by atoms with Crippen LogP contribution in [0.25, 0.3) is 0 Å². The first-order chi connectivity index (χ1) is 9.02. The fourth-order valence-corrected chi connectivity index (χ4v) is 3.07. The molecule has 2 heterocycles. The highest BCUT2D eigenvalue weighted by Gasteiger charge is 2.30. The zero-order valence-corrected chi connectivity index (χ0v) is 13.0. The van der Waals surface area contributed by atoms with E-state index in [1.807, 2.05) is 18.7 Å². The van der Waals surface area contributed by atoms with Crippen molar-refractivity contribution in [2.45, 2.75) is 58.3 Å². The summed E-state index contributed by atoms with van der Waals surface area (Å²) in [6.07, 6.45) is 3.77. The first-order valence-corrected chi connectivity index (χ1v) is 7.47. The molecule has 4 nitrogen and oxygen atoms in total. The summed E-state index contributed by atoms with van der Waals surface area (Å²) in [6, 6.07) is 0.308. The standard InChI is InChI=1S/C14H24ClN3O/c1-5-16-11(13-7-6-9(2)19-13)8-12-14(15)10(3)17-18(12)4/h9,11,13,16H,5-8H2,1-4H3. The largest absolute Gasteiger partial charge is 0.374 e. The summed E-state index contributed by atoms with van der Waals surface area (Å²) in [5.41, 5.74) is 1.99. The molecule has 1 aromatic heterocycles. The van der Waals surface area contributed by atoms with Gasteiger partial charge in [-0.15, -0.1) is 0 Å². The minimum Gasteiger partial charge on any atom is -0.374 e. The maximum Gasteiger partial charge on any atom is 0.0847 e. The van der Waals surface area contributed by atoms with Crippen LogP contribution in [-0.4, -0.2) is 34.6 Å². The van der Waals surface area contributed by atoms with Crippen LogP contribution in [0, 0.1) is 6.92 Å². The molecule has 0 bridgehead atoms. The van der Waals surface area contributed by atoms with Crippen molar-refractivity contribution in [1.29, 1.82) is 0 Å². The molecule has 1 aromatic rings. The molecule has 0 saturated carbocycles. The van der Waals surface area contributed by atoms with Gasteiger partial charge in [-0.2, -0.15) is 5.10 Å². The summed E-state index contributed by atoms with van der Waals surface area (Å²) in [5.74, 6) is 0. The lowest BCUT2D eigenvalue weighted by atomic mass is 10.0. The van der Waals surface area contributed by atoms with Crippen molar-refractivity contribution in [3.05, 3.63) is 16.4 Å². The molecule has 0 aromatic carbocycles. The molecule has 19 heavy (non-hydrogen) atoms. The third-order valence-corrected chi connectivity index (χ3v) is 4.35. The predicted molar refractivity (Wildman–Crippen MR) is 77.7 cm³/mol. The summed E-state index contributed by atoms with van der Waals surface area (Å²) < 4.78 is 7.89. The Morgan fingerprint density at radius 2 is 2.26 bits per heavy atom. The Labute approximate surface area is 120 Å². The summed E-state index contributed by atoms with van der Waals surface area (Å²) in [5, 5.41) is 8.70. The monoisotopic (exact) mass is 285 g/mol. The SMILES string of the molecule is CCNC(Cc1c(Cl)c(C)nn1C)C1CCC(C)O1. The van der Waals surface area contributed by atoms with Gasteiger partial charge in [-0.3, -0.25) is 4.68 Å². The molecule has 3 atom stereocenters. The minimum absolute atomic E-state index is 0.279. The second kappa shape index (κ2) is 6.25. The van der Waals surface area contributed by atoms with Crippen LogP contribution < -0.4 is 5.32 Å². The molecule has 0 amide bonds. The average molecular weight is 286 g/mol. The van der Waals surface area contributed by atoms with E-state index in [0.29, 0.717) is 12.1 Å². The van der Waals surface area contributed by atoms with Crippen molar-refractivity contribution in [3.63, 3.8) is 0 Å². The lowest BCUT2D eigenvalue weighted by Crippen LogP contribution is -2.42. The van der Waals surface area contributed by atoms with E-state index in [2.05, 4.69) is 24.3 Å². The molecule has 108 valence electrons. The number of halogens is 1. The van der Waals surface area contributed by atoms with E-state index < -0.39 is 0 Å². The quantitative estimate of drug-likeness (QED) is 0.903. The van der Waals surface area contributed by atoms with Gasteiger partial charge in [0.25, 0.3) is 0 Å². The maximum atomic E-state index is 6.34. The molecule has 1 aliphatic rings. The number of ether oxygens (including phenoxy) is 1. The summed E-state index contributed by atoms with van der Waals surface area (Å²) >= 11 is 6.34. The second-order valence-corrected chi connectivity index (χ2v) is 5.78. The predicted octanol–water partition coefficient (Wildman–Crippen LogP) is 2.47. The van der Waals surface area contributed by atoms with E-state index in [1.165, 1.54) is 0 Å². The first kappa shape index (κ1) is 14.8. The van der Waals surface area contributed by atoms with Crippen LogP contribution in [0.15, 0.2) is 0 Å². The van der Waals surface area contributed by atoms with Gasteiger partial charge in [0.2, 0.25) is 0 Å². The van der Waals surface area contributed by atoms with Gasteiger partial charge in [0.1, 0.15) is 0 Å². The molecule has 3 unspecified atom stereocenters. The highest BCUT2D eigenvalue weighted by Crippen LogP contribution is 2.26. The van der Waals surface area contributed by atoms with E-state index in [4.69, 9.17) is 16.3 Å². The van der Waals surface area contributed by atoms with Crippen LogP contribution in [0.1, 0.15) is 38.1 Å². The van der Waals surface area contributed by atoms with E-state index in [0.717, 1.165) is 42.2 Å². The molecule has 1 saturated heterocycles. The van der Waals surface area contributed by atoms with Crippen LogP contribution >= 0.6 is 11.6 Å². The molecule has 1 fully saturated rings. The Morgan fingerprint density at radius 3 is 2.74 bits per heavy atom. The van der Waals surface area contributed by atoms with E-state index >= 15 is 0 Å². The third-order valence-electron chi connectivity index (χ3n) is 3.85. The molecule has 1 N–H and O–H groups in total. The van der Waals surface area contributed by atoms with Gasteiger partial charge < -0.3 is 10.1 Å². The van der Waals surface area contributed by atoms with Crippen LogP contribution in [0.4, 0.5) is 0 Å². The number of nitrogens with one attached hydrogen (secondary N) is 1. The molecule has 0 spiro atoms. The van der Waals surface area contributed by atoms with Gasteiger partial charge >= 0.3 is 0 Å². The van der Waals surface area contributed by atoms with Crippen molar-refractivity contribution < 1.29 is 4.74 Å². The van der Waals surface area contributed by atoms with Gasteiger partial charge in [0.05, 0.1) is 28.6 Å². The molecule has 0 radical (unpaired) electrons. The Kier molecular flexibility index (Phi) is 4.87. The number of rotatable bonds is 5. The number of aromatic nitrogens is 2. The molecule has 0 aliphatic carbocycles. The fraction of sp³-hybridized carbons (Fsp3) is 0.786. The van der Waals surface area contributed by atoms with Gasteiger partial charge in [0, 0.05) is 19.5 Å². The van der Waals surface area contributed by atoms with Crippen molar-refractivity contribution >= 4 is 11.6 Å². The maximum absolute atomic E-state index is 6.34. The second-order valence-electron chi connectivity index (χ2n) is 5.40. The number of likely N-dealkylation sites (N-methyl/N-ethyl adjacent to an activating group) is 1. The van der Waals surface area contributed by atoms with Gasteiger partial charge in [-0.1, -0.05) is 18.5 Å². The Bertz CT molecular complexity index is 433. The van der Waals surface area contributed by atoms with E-state index in [9.17, 15) is 0 Å². The normalized spacial score (nSPS) is 24.9. The highest BCUT2D eigenvalue weighted by atomic mass is 35.5. The number of hydrogen-bond donors (Lipinski definition) is 1. The lowest BCUT2D eigenvalue weighted by Gasteiger charge is -2.24. The van der Waals surface area contributed by atoms with Crippen molar-refractivity contribution in [1.82, 2.24) is 15.1 Å². The number of aryl methyl sites for hydroxylation is 2. The summed E-state index contributed by atoms with van der Waals surface area (Å²) in [6.45, 7) is 7.15. The smallest absolute Gasteiger partial charge is 0.0847 e. The molecule has 2 rings (SSSR count). The average Bonchev–Trinajstić information content (AvgIpc) is 2.88. The zero-order valence-electron chi connectivity index (χ0n) is 12.2. The molecule has 5 heteroatoms. The van der Waals surface area contributed by atoms with E-state index in [1.54, 1.807) is 0 Å². The Morgan fingerprint density at radius 1 is 1.53 bits per heavy atom. The number of hydrogen-bond acceptors (Lipinski definition) is 3. The minimum atomic E-state index is 0.279. The Hall–Kier alpha value is -0.580. The fourth-order valence-electron chi connectivity index (χ4n) is 2.84. The Balaban J connectivity index is 2.12. The van der Waals surface area contributed by atoms with Crippen molar-refractivity contribution in [3.8, 4) is 0 Å². The van der Waals surface area contributed by atoms with Crippen LogP contribution in [0.2, 0.25) is 5.02 Å². The lowest BCUT2D eigenvalue weighted by molar-refractivity contribution is 0.0320. The van der Waals surface area contributed by atoms with Gasteiger partial charge in [-0.25, -0.2) is 0 Å². The molecular weight excluding hydrogens is 262 g/mol. The van der Waals surface area contributed by atoms with Crippen molar-refractivity contribution in [2.24, 2.45) is 7.05 Å².